The fourth-order valence-corrected chi connectivity index (χ4v) is 1.60. The molecule has 1 fully saturated rings. The van der Waals surface area contributed by atoms with Crippen molar-refractivity contribution >= 4 is 0 Å². The maximum Gasteiger partial charge on any atom is 0.115 e. The van der Waals surface area contributed by atoms with Crippen LogP contribution < -0.4 is 0 Å². The van der Waals surface area contributed by atoms with E-state index in [0.29, 0.717) is 12.4 Å². The Morgan fingerprint density at radius 2 is 1.93 bits per heavy atom. The number of phenolic OH excluding ortho intramolecular Hbond substituents is 1. The fraction of sp³-hybridized carbons (Fsp3) is 0.500. The summed E-state index contributed by atoms with van der Waals surface area (Å²) < 4.78 is 5.58. The van der Waals surface area contributed by atoms with Crippen molar-refractivity contribution in [2.45, 2.75) is 25.9 Å². The molecule has 2 rings (SSSR count). The molecule has 1 aromatic rings. The van der Waals surface area contributed by atoms with E-state index in [0.717, 1.165) is 18.1 Å². The summed E-state index contributed by atoms with van der Waals surface area (Å²) in [6.45, 7) is 1.55. The highest BCUT2D eigenvalue weighted by atomic mass is 16.5. The summed E-state index contributed by atoms with van der Waals surface area (Å²) in [6, 6.07) is 7.19. The quantitative estimate of drug-likeness (QED) is 0.794. The minimum atomic E-state index is 0.313. The van der Waals surface area contributed by atoms with Gasteiger partial charge in [0.15, 0.2) is 0 Å². The highest BCUT2D eigenvalue weighted by Gasteiger charge is 2.16. The zero-order chi connectivity index (χ0) is 9.80. The third-order valence-electron chi connectivity index (χ3n) is 2.78. The maximum atomic E-state index is 9.08. The fourth-order valence-electron chi connectivity index (χ4n) is 1.60. The van der Waals surface area contributed by atoms with Crippen LogP contribution in [0.2, 0.25) is 0 Å². The summed E-state index contributed by atoms with van der Waals surface area (Å²) in [7, 11) is 0. The van der Waals surface area contributed by atoms with E-state index in [1.54, 1.807) is 12.1 Å². The number of hydrogen-bond acceptors (Lipinski definition) is 2. The second-order valence-electron chi connectivity index (χ2n) is 3.98. The van der Waals surface area contributed by atoms with E-state index in [9.17, 15) is 0 Å². The normalized spacial score (nSPS) is 16.6. The average Bonchev–Trinajstić information content (AvgIpc) is 2.12. The van der Waals surface area contributed by atoms with Gasteiger partial charge in [-0.1, -0.05) is 18.6 Å². The summed E-state index contributed by atoms with van der Waals surface area (Å²) >= 11 is 0. The van der Waals surface area contributed by atoms with E-state index in [2.05, 4.69) is 0 Å². The standard InChI is InChI=1S/C12H16O2/c13-12-6-4-11(5-7-12)9-14-8-10-2-1-3-10/h4-7,10,13H,1-3,8-9H2. The first-order chi connectivity index (χ1) is 6.84. The number of benzene rings is 1. The molecule has 76 valence electrons. The monoisotopic (exact) mass is 192 g/mol. The Balaban J connectivity index is 1.71. The van der Waals surface area contributed by atoms with Crippen LogP contribution in [0.4, 0.5) is 0 Å². The molecule has 0 unspecified atom stereocenters. The van der Waals surface area contributed by atoms with Crippen molar-refractivity contribution in [3.8, 4) is 5.75 Å². The van der Waals surface area contributed by atoms with Crippen LogP contribution in [0.3, 0.4) is 0 Å². The van der Waals surface area contributed by atoms with Crippen LogP contribution in [0, 0.1) is 5.92 Å². The molecule has 14 heavy (non-hydrogen) atoms. The number of aromatic hydroxyl groups is 1. The number of rotatable bonds is 4. The van der Waals surface area contributed by atoms with Gasteiger partial charge < -0.3 is 9.84 Å². The van der Waals surface area contributed by atoms with Crippen molar-refractivity contribution < 1.29 is 9.84 Å². The molecule has 0 saturated heterocycles. The molecule has 1 aromatic carbocycles. The largest absolute Gasteiger partial charge is 0.508 e. The molecule has 0 heterocycles. The van der Waals surface area contributed by atoms with E-state index in [4.69, 9.17) is 9.84 Å². The van der Waals surface area contributed by atoms with Crippen molar-refractivity contribution in [3.05, 3.63) is 29.8 Å². The highest BCUT2D eigenvalue weighted by Crippen LogP contribution is 2.26. The van der Waals surface area contributed by atoms with Gasteiger partial charge in [0.25, 0.3) is 0 Å². The zero-order valence-corrected chi connectivity index (χ0v) is 8.28. The lowest BCUT2D eigenvalue weighted by atomic mass is 9.86. The van der Waals surface area contributed by atoms with E-state index < -0.39 is 0 Å². The molecule has 0 aromatic heterocycles. The lowest BCUT2D eigenvalue weighted by Gasteiger charge is -2.24. The van der Waals surface area contributed by atoms with Gasteiger partial charge in [0.05, 0.1) is 6.61 Å². The van der Waals surface area contributed by atoms with Gasteiger partial charge in [-0.05, 0) is 36.5 Å². The molecule has 0 radical (unpaired) electrons. The van der Waals surface area contributed by atoms with Gasteiger partial charge >= 0.3 is 0 Å². The Morgan fingerprint density at radius 3 is 2.50 bits per heavy atom. The van der Waals surface area contributed by atoms with Crippen molar-refractivity contribution in [3.63, 3.8) is 0 Å². The highest BCUT2D eigenvalue weighted by molar-refractivity contribution is 5.25. The number of hydrogen-bond donors (Lipinski definition) is 1. The molecule has 1 N–H and O–H groups in total. The predicted octanol–water partition coefficient (Wildman–Crippen LogP) is 2.71. The number of ether oxygens (including phenoxy) is 1. The number of phenols is 1. The Labute approximate surface area is 84.5 Å². The van der Waals surface area contributed by atoms with Crippen LogP contribution >= 0.6 is 0 Å². The third-order valence-corrected chi connectivity index (χ3v) is 2.78. The Bertz CT molecular complexity index is 275. The second-order valence-corrected chi connectivity index (χ2v) is 3.98. The second kappa shape index (κ2) is 4.47. The molecule has 1 aliphatic carbocycles. The molecule has 0 bridgehead atoms. The Hall–Kier alpha value is -1.02. The minimum Gasteiger partial charge on any atom is -0.508 e. The van der Waals surface area contributed by atoms with Crippen LogP contribution in [0.15, 0.2) is 24.3 Å². The molecule has 0 spiro atoms. The SMILES string of the molecule is Oc1ccc(COCC2CCC2)cc1. The smallest absolute Gasteiger partial charge is 0.115 e. The van der Waals surface area contributed by atoms with Crippen molar-refractivity contribution in [1.29, 1.82) is 0 Å². The molecular formula is C12H16O2. The zero-order valence-electron chi connectivity index (χ0n) is 8.28. The predicted molar refractivity (Wildman–Crippen MR) is 55.1 cm³/mol. The average molecular weight is 192 g/mol. The molecular weight excluding hydrogens is 176 g/mol. The first-order valence-corrected chi connectivity index (χ1v) is 5.20. The Kier molecular flexibility index (Phi) is 3.04. The van der Waals surface area contributed by atoms with Crippen LogP contribution in [0.1, 0.15) is 24.8 Å². The lowest BCUT2D eigenvalue weighted by molar-refractivity contribution is 0.0596. The minimum absolute atomic E-state index is 0.313. The van der Waals surface area contributed by atoms with Crippen LogP contribution in [-0.4, -0.2) is 11.7 Å². The summed E-state index contributed by atoms with van der Waals surface area (Å²) in [5.41, 5.74) is 1.13. The van der Waals surface area contributed by atoms with Crippen molar-refractivity contribution in [1.82, 2.24) is 0 Å². The van der Waals surface area contributed by atoms with Crippen molar-refractivity contribution in [2.24, 2.45) is 5.92 Å². The van der Waals surface area contributed by atoms with Gasteiger partial charge in [-0.2, -0.15) is 0 Å². The molecule has 2 heteroatoms. The molecule has 1 aliphatic rings. The molecule has 2 nitrogen and oxygen atoms in total. The van der Waals surface area contributed by atoms with Gasteiger partial charge in [0.1, 0.15) is 5.75 Å². The summed E-state index contributed by atoms with van der Waals surface area (Å²) in [4.78, 5) is 0. The summed E-state index contributed by atoms with van der Waals surface area (Å²) in [5.74, 6) is 1.11. The van der Waals surface area contributed by atoms with Gasteiger partial charge in [-0.15, -0.1) is 0 Å². The molecule has 0 amide bonds. The topological polar surface area (TPSA) is 29.5 Å². The van der Waals surface area contributed by atoms with Gasteiger partial charge in [-0.3, -0.25) is 0 Å². The molecule has 1 saturated carbocycles. The first kappa shape index (κ1) is 9.53. The van der Waals surface area contributed by atoms with E-state index in [-0.39, 0.29) is 0 Å². The third kappa shape index (κ3) is 2.48. The van der Waals surface area contributed by atoms with Crippen LogP contribution in [0.5, 0.6) is 5.75 Å². The summed E-state index contributed by atoms with van der Waals surface area (Å²) in [5, 5.41) is 9.08. The maximum absolute atomic E-state index is 9.08. The van der Waals surface area contributed by atoms with Crippen LogP contribution in [-0.2, 0) is 11.3 Å². The van der Waals surface area contributed by atoms with Gasteiger partial charge in [0, 0.05) is 6.61 Å². The van der Waals surface area contributed by atoms with E-state index >= 15 is 0 Å². The van der Waals surface area contributed by atoms with E-state index in [1.165, 1.54) is 19.3 Å². The van der Waals surface area contributed by atoms with Gasteiger partial charge in [-0.25, -0.2) is 0 Å². The molecule has 0 aliphatic heterocycles. The van der Waals surface area contributed by atoms with E-state index in [1.807, 2.05) is 12.1 Å². The Morgan fingerprint density at radius 1 is 1.21 bits per heavy atom. The summed E-state index contributed by atoms with van der Waals surface area (Å²) in [6.07, 6.45) is 4.03. The lowest BCUT2D eigenvalue weighted by Crippen LogP contribution is -2.17. The van der Waals surface area contributed by atoms with Crippen LogP contribution in [0.25, 0.3) is 0 Å². The molecule has 0 atom stereocenters. The first-order valence-electron chi connectivity index (χ1n) is 5.20. The van der Waals surface area contributed by atoms with Gasteiger partial charge in [0.2, 0.25) is 0 Å². The van der Waals surface area contributed by atoms with Crippen molar-refractivity contribution in [2.75, 3.05) is 6.61 Å².